The van der Waals surface area contributed by atoms with E-state index in [0.29, 0.717) is 5.92 Å². The first-order valence-electron chi connectivity index (χ1n) is 5.86. The lowest BCUT2D eigenvalue weighted by atomic mass is 10.1. The van der Waals surface area contributed by atoms with Gasteiger partial charge in [-0.3, -0.25) is 5.43 Å². The van der Waals surface area contributed by atoms with Crippen molar-refractivity contribution in [2.75, 3.05) is 18.5 Å². The van der Waals surface area contributed by atoms with Crippen LogP contribution in [0.25, 0.3) is 0 Å². The molecule has 1 atom stereocenters. The van der Waals surface area contributed by atoms with Crippen LogP contribution in [0.1, 0.15) is 20.3 Å². The molecule has 0 aromatic heterocycles. The summed E-state index contributed by atoms with van der Waals surface area (Å²) in [6, 6.07) is 9.98. The van der Waals surface area contributed by atoms with Gasteiger partial charge in [-0.25, -0.2) is 0 Å². The molecule has 0 heterocycles. The fraction of sp³-hybridized carbons (Fsp3) is 0.462. The average molecular weight is 219 g/mol. The van der Waals surface area contributed by atoms with Gasteiger partial charge in [0.25, 0.3) is 0 Å². The van der Waals surface area contributed by atoms with Gasteiger partial charge in [0.15, 0.2) is 0 Å². The van der Waals surface area contributed by atoms with Crippen molar-refractivity contribution in [2.24, 2.45) is 11.0 Å². The van der Waals surface area contributed by atoms with Crippen LogP contribution in [0.15, 0.2) is 35.4 Å². The van der Waals surface area contributed by atoms with Crippen LogP contribution < -0.4 is 10.7 Å². The SMILES string of the molecule is CCNCC(C)C/C=N/Nc1ccccc1. The van der Waals surface area contributed by atoms with E-state index in [9.17, 15) is 0 Å². The molecule has 0 aliphatic heterocycles. The van der Waals surface area contributed by atoms with Crippen LogP contribution in [-0.2, 0) is 0 Å². The van der Waals surface area contributed by atoms with Gasteiger partial charge in [0.2, 0.25) is 0 Å². The highest BCUT2D eigenvalue weighted by molar-refractivity contribution is 5.59. The maximum absolute atomic E-state index is 4.19. The number of hydrazone groups is 1. The number of anilines is 1. The monoisotopic (exact) mass is 219 g/mol. The van der Waals surface area contributed by atoms with E-state index in [2.05, 4.69) is 29.7 Å². The minimum absolute atomic E-state index is 0.626. The molecule has 1 rings (SSSR count). The van der Waals surface area contributed by atoms with Gasteiger partial charge in [0, 0.05) is 6.21 Å². The van der Waals surface area contributed by atoms with E-state index in [4.69, 9.17) is 0 Å². The molecule has 0 aliphatic carbocycles. The molecule has 88 valence electrons. The molecule has 0 saturated heterocycles. The molecule has 1 unspecified atom stereocenters. The molecule has 16 heavy (non-hydrogen) atoms. The lowest BCUT2D eigenvalue weighted by Crippen LogP contribution is -2.20. The van der Waals surface area contributed by atoms with Gasteiger partial charge in [0.05, 0.1) is 5.69 Å². The third-order valence-electron chi connectivity index (χ3n) is 2.31. The first-order valence-corrected chi connectivity index (χ1v) is 5.86. The van der Waals surface area contributed by atoms with Crippen molar-refractivity contribution < 1.29 is 0 Å². The van der Waals surface area contributed by atoms with Crippen LogP contribution in [0.3, 0.4) is 0 Å². The second kappa shape index (κ2) is 7.88. The molecule has 0 bridgehead atoms. The molecule has 3 nitrogen and oxygen atoms in total. The summed E-state index contributed by atoms with van der Waals surface area (Å²) < 4.78 is 0. The Hall–Kier alpha value is -1.35. The summed E-state index contributed by atoms with van der Waals surface area (Å²) in [7, 11) is 0. The van der Waals surface area contributed by atoms with Gasteiger partial charge in [-0.15, -0.1) is 0 Å². The number of nitrogens with one attached hydrogen (secondary N) is 2. The van der Waals surface area contributed by atoms with Gasteiger partial charge in [-0.1, -0.05) is 32.0 Å². The Morgan fingerprint density at radius 2 is 2.06 bits per heavy atom. The summed E-state index contributed by atoms with van der Waals surface area (Å²) >= 11 is 0. The smallest absolute Gasteiger partial charge is 0.0561 e. The number of hydrogen-bond acceptors (Lipinski definition) is 3. The molecule has 0 radical (unpaired) electrons. The lowest BCUT2D eigenvalue weighted by Gasteiger charge is -2.07. The largest absolute Gasteiger partial charge is 0.317 e. The predicted molar refractivity (Wildman–Crippen MR) is 70.9 cm³/mol. The number of rotatable bonds is 7. The van der Waals surface area contributed by atoms with E-state index in [-0.39, 0.29) is 0 Å². The fourth-order valence-corrected chi connectivity index (χ4v) is 1.34. The minimum atomic E-state index is 0.626. The predicted octanol–water partition coefficient (Wildman–Crippen LogP) is 2.72. The second-order valence-electron chi connectivity index (χ2n) is 3.94. The summed E-state index contributed by atoms with van der Waals surface area (Å²) in [5.41, 5.74) is 4.03. The zero-order valence-electron chi connectivity index (χ0n) is 10.1. The molecule has 0 spiro atoms. The highest BCUT2D eigenvalue weighted by Gasteiger charge is 1.97. The Kier molecular flexibility index (Phi) is 6.26. The normalized spacial score (nSPS) is 12.9. The molecule has 0 fully saturated rings. The van der Waals surface area contributed by atoms with E-state index in [1.54, 1.807) is 0 Å². The van der Waals surface area contributed by atoms with E-state index in [1.807, 2.05) is 36.5 Å². The van der Waals surface area contributed by atoms with Gasteiger partial charge < -0.3 is 5.32 Å². The summed E-state index contributed by atoms with van der Waals surface area (Å²) in [4.78, 5) is 0. The topological polar surface area (TPSA) is 36.4 Å². The number of nitrogens with zero attached hydrogens (tertiary/aromatic N) is 1. The quantitative estimate of drug-likeness (QED) is 0.546. The molecular weight excluding hydrogens is 198 g/mol. The van der Waals surface area contributed by atoms with Crippen LogP contribution in [0, 0.1) is 5.92 Å². The summed E-state index contributed by atoms with van der Waals surface area (Å²) in [5.74, 6) is 0.626. The van der Waals surface area contributed by atoms with Crippen LogP contribution in [-0.4, -0.2) is 19.3 Å². The Balaban J connectivity index is 2.18. The Bertz CT molecular complexity index is 295. The van der Waals surface area contributed by atoms with Crippen LogP contribution in [0.5, 0.6) is 0 Å². The maximum atomic E-state index is 4.19. The van der Waals surface area contributed by atoms with E-state index >= 15 is 0 Å². The van der Waals surface area contributed by atoms with E-state index in [0.717, 1.165) is 25.2 Å². The Labute approximate surface area is 98.0 Å². The van der Waals surface area contributed by atoms with Gasteiger partial charge >= 0.3 is 0 Å². The standard InChI is InChI=1S/C13H21N3/c1-3-14-11-12(2)9-10-15-16-13-7-5-4-6-8-13/h4-8,10,12,14,16H,3,9,11H2,1-2H3/b15-10+. The number of benzene rings is 1. The molecule has 2 N–H and O–H groups in total. The molecule has 3 heteroatoms. The molecule has 0 saturated carbocycles. The molecule has 0 amide bonds. The lowest BCUT2D eigenvalue weighted by molar-refractivity contribution is 0.543. The number of para-hydroxylation sites is 1. The third kappa shape index (κ3) is 5.51. The Morgan fingerprint density at radius 1 is 1.31 bits per heavy atom. The maximum Gasteiger partial charge on any atom is 0.0561 e. The fourth-order valence-electron chi connectivity index (χ4n) is 1.34. The van der Waals surface area contributed by atoms with Crippen LogP contribution in [0.2, 0.25) is 0 Å². The zero-order chi connectivity index (χ0) is 11.6. The third-order valence-corrected chi connectivity index (χ3v) is 2.31. The van der Waals surface area contributed by atoms with Crippen molar-refractivity contribution in [2.45, 2.75) is 20.3 Å². The van der Waals surface area contributed by atoms with E-state index in [1.165, 1.54) is 0 Å². The molecule has 0 aliphatic rings. The van der Waals surface area contributed by atoms with Crippen molar-refractivity contribution in [3.05, 3.63) is 30.3 Å². The van der Waals surface area contributed by atoms with Crippen molar-refractivity contribution in [3.63, 3.8) is 0 Å². The van der Waals surface area contributed by atoms with Crippen molar-refractivity contribution >= 4 is 11.9 Å². The first kappa shape index (κ1) is 12.7. The summed E-state index contributed by atoms with van der Waals surface area (Å²) in [5, 5.41) is 7.51. The van der Waals surface area contributed by atoms with Gasteiger partial charge in [-0.2, -0.15) is 5.10 Å². The van der Waals surface area contributed by atoms with E-state index < -0.39 is 0 Å². The number of hydrogen-bond donors (Lipinski definition) is 2. The highest BCUT2D eigenvalue weighted by Crippen LogP contribution is 2.04. The van der Waals surface area contributed by atoms with Crippen LogP contribution >= 0.6 is 0 Å². The zero-order valence-corrected chi connectivity index (χ0v) is 10.1. The van der Waals surface area contributed by atoms with Crippen LogP contribution in [0.4, 0.5) is 5.69 Å². The van der Waals surface area contributed by atoms with Gasteiger partial charge in [-0.05, 0) is 37.6 Å². The Morgan fingerprint density at radius 3 is 2.75 bits per heavy atom. The second-order valence-corrected chi connectivity index (χ2v) is 3.94. The highest BCUT2D eigenvalue weighted by atomic mass is 15.3. The molecule has 1 aromatic carbocycles. The molecule has 1 aromatic rings. The first-order chi connectivity index (χ1) is 7.83. The summed E-state index contributed by atoms with van der Waals surface area (Å²) in [6.07, 6.45) is 2.93. The van der Waals surface area contributed by atoms with Gasteiger partial charge in [0.1, 0.15) is 0 Å². The van der Waals surface area contributed by atoms with Crippen molar-refractivity contribution in [3.8, 4) is 0 Å². The average Bonchev–Trinajstić information content (AvgIpc) is 2.33. The molecular formula is C13H21N3. The minimum Gasteiger partial charge on any atom is -0.317 e. The summed E-state index contributed by atoms with van der Waals surface area (Å²) in [6.45, 7) is 6.42. The van der Waals surface area contributed by atoms with Crippen molar-refractivity contribution in [1.29, 1.82) is 0 Å². The van der Waals surface area contributed by atoms with Crippen molar-refractivity contribution in [1.82, 2.24) is 5.32 Å².